The molecule has 1 aromatic carbocycles. The van der Waals surface area contributed by atoms with Crippen LogP contribution in [0, 0.1) is 11.8 Å². The predicted molar refractivity (Wildman–Crippen MR) is 91.3 cm³/mol. The lowest BCUT2D eigenvalue weighted by Crippen LogP contribution is -2.31. The van der Waals surface area contributed by atoms with Crippen LogP contribution in [0.4, 0.5) is 0 Å². The van der Waals surface area contributed by atoms with Crippen molar-refractivity contribution in [1.82, 2.24) is 10.2 Å². The molecule has 0 aromatic heterocycles. The van der Waals surface area contributed by atoms with Crippen molar-refractivity contribution in [3.63, 3.8) is 0 Å². The molecular formula is C19H32N2. The Labute approximate surface area is 130 Å². The lowest BCUT2D eigenvalue weighted by molar-refractivity contribution is 0.211. The molecule has 2 heteroatoms. The Morgan fingerprint density at radius 1 is 1.00 bits per heavy atom. The molecule has 0 radical (unpaired) electrons. The first-order valence-corrected chi connectivity index (χ1v) is 8.57. The lowest BCUT2D eigenvalue weighted by Gasteiger charge is -2.27. The van der Waals surface area contributed by atoms with E-state index in [-0.39, 0.29) is 0 Å². The zero-order valence-electron chi connectivity index (χ0n) is 14.2. The molecule has 1 saturated carbocycles. The molecule has 0 atom stereocenters. The van der Waals surface area contributed by atoms with Gasteiger partial charge in [-0.25, -0.2) is 0 Å². The van der Waals surface area contributed by atoms with Crippen molar-refractivity contribution in [2.24, 2.45) is 11.8 Å². The van der Waals surface area contributed by atoms with Crippen molar-refractivity contribution < 1.29 is 0 Å². The van der Waals surface area contributed by atoms with E-state index in [9.17, 15) is 0 Å². The summed E-state index contributed by atoms with van der Waals surface area (Å²) in [5, 5.41) is 3.65. The molecule has 2 rings (SSSR count). The summed E-state index contributed by atoms with van der Waals surface area (Å²) in [5.41, 5.74) is 2.97. The molecule has 1 aliphatic rings. The summed E-state index contributed by atoms with van der Waals surface area (Å²) in [7, 11) is 0. The van der Waals surface area contributed by atoms with Gasteiger partial charge in [-0.1, -0.05) is 52.0 Å². The predicted octanol–water partition coefficient (Wildman–Crippen LogP) is 4.05. The van der Waals surface area contributed by atoms with Gasteiger partial charge < -0.3 is 5.32 Å². The van der Waals surface area contributed by atoms with E-state index < -0.39 is 0 Å². The molecule has 1 aromatic rings. The molecule has 0 aliphatic heterocycles. The summed E-state index contributed by atoms with van der Waals surface area (Å²) in [6, 6.07) is 9.72. The van der Waals surface area contributed by atoms with E-state index in [0.29, 0.717) is 0 Å². The molecule has 2 nitrogen and oxygen atoms in total. The van der Waals surface area contributed by atoms with E-state index in [0.717, 1.165) is 31.0 Å². The Kier molecular flexibility index (Phi) is 6.25. The van der Waals surface area contributed by atoms with Crippen LogP contribution >= 0.6 is 0 Å². The average Bonchev–Trinajstić information content (AvgIpc) is 3.20. The van der Waals surface area contributed by atoms with Crippen LogP contribution in [-0.2, 0) is 13.1 Å². The minimum Gasteiger partial charge on any atom is -0.310 e. The first-order chi connectivity index (χ1) is 10.0. The molecule has 0 heterocycles. The minimum atomic E-state index is 0.723. The summed E-state index contributed by atoms with van der Waals surface area (Å²) >= 11 is 0. The molecule has 118 valence electrons. The SMILES string of the molecule is CC(C)CN(Cc1ccccc1CNC1CC1)CC(C)C. The van der Waals surface area contributed by atoms with Crippen LogP contribution in [0.1, 0.15) is 51.7 Å². The largest absolute Gasteiger partial charge is 0.310 e. The topological polar surface area (TPSA) is 15.3 Å². The number of rotatable bonds is 9. The monoisotopic (exact) mass is 288 g/mol. The Morgan fingerprint density at radius 3 is 2.10 bits per heavy atom. The van der Waals surface area contributed by atoms with Crippen LogP contribution < -0.4 is 5.32 Å². The highest BCUT2D eigenvalue weighted by Gasteiger charge is 2.20. The van der Waals surface area contributed by atoms with E-state index in [1.807, 2.05) is 0 Å². The maximum absolute atomic E-state index is 3.65. The van der Waals surface area contributed by atoms with Crippen molar-refractivity contribution in [3.8, 4) is 0 Å². The Morgan fingerprint density at radius 2 is 1.57 bits per heavy atom. The Bertz CT molecular complexity index is 411. The maximum Gasteiger partial charge on any atom is 0.0237 e. The van der Waals surface area contributed by atoms with Crippen molar-refractivity contribution in [1.29, 1.82) is 0 Å². The van der Waals surface area contributed by atoms with Gasteiger partial charge in [-0.05, 0) is 35.8 Å². The summed E-state index contributed by atoms with van der Waals surface area (Å²) in [4.78, 5) is 2.62. The van der Waals surface area contributed by atoms with E-state index in [4.69, 9.17) is 0 Å². The van der Waals surface area contributed by atoms with E-state index >= 15 is 0 Å². The molecule has 1 fully saturated rings. The summed E-state index contributed by atoms with van der Waals surface area (Å²) in [5.74, 6) is 1.45. The fourth-order valence-corrected chi connectivity index (χ4v) is 2.90. The van der Waals surface area contributed by atoms with Crippen LogP contribution in [0.3, 0.4) is 0 Å². The van der Waals surface area contributed by atoms with Crippen molar-refractivity contribution in [3.05, 3.63) is 35.4 Å². The number of benzene rings is 1. The van der Waals surface area contributed by atoms with Gasteiger partial charge in [0.05, 0.1) is 0 Å². The molecule has 0 bridgehead atoms. The molecule has 0 spiro atoms. The highest BCUT2D eigenvalue weighted by Crippen LogP contribution is 2.20. The molecule has 1 N–H and O–H groups in total. The van der Waals surface area contributed by atoms with Gasteiger partial charge >= 0.3 is 0 Å². The summed E-state index contributed by atoms with van der Waals surface area (Å²) in [6.45, 7) is 13.7. The van der Waals surface area contributed by atoms with Crippen molar-refractivity contribution >= 4 is 0 Å². The van der Waals surface area contributed by atoms with E-state index in [1.54, 1.807) is 0 Å². The number of nitrogens with one attached hydrogen (secondary N) is 1. The molecule has 0 unspecified atom stereocenters. The number of nitrogens with zero attached hydrogens (tertiary/aromatic N) is 1. The van der Waals surface area contributed by atoms with Gasteiger partial charge in [0.2, 0.25) is 0 Å². The fourth-order valence-electron chi connectivity index (χ4n) is 2.90. The van der Waals surface area contributed by atoms with E-state index in [2.05, 4.69) is 62.2 Å². The van der Waals surface area contributed by atoms with Crippen LogP contribution in [0.2, 0.25) is 0 Å². The molecule has 0 amide bonds. The van der Waals surface area contributed by atoms with Crippen molar-refractivity contribution in [2.45, 2.75) is 59.7 Å². The minimum absolute atomic E-state index is 0.723. The standard InChI is InChI=1S/C19H32N2/c1-15(2)12-21(13-16(3)4)14-18-8-6-5-7-17(18)11-20-19-9-10-19/h5-8,15-16,19-20H,9-14H2,1-4H3. The number of hydrogen-bond donors (Lipinski definition) is 1. The van der Waals surface area contributed by atoms with Crippen LogP contribution in [0.5, 0.6) is 0 Å². The smallest absolute Gasteiger partial charge is 0.0237 e. The van der Waals surface area contributed by atoms with Gasteiger partial charge in [0.1, 0.15) is 0 Å². The third kappa shape index (κ3) is 6.19. The highest BCUT2D eigenvalue weighted by molar-refractivity contribution is 5.27. The summed E-state index contributed by atoms with van der Waals surface area (Å²) in [6.07, 6.45) is 2.71. The third-order valence-corrected chi connectivity index (χ3v) is 3.92. The highest BCUT2D eigenvalue weighted by atomic mass is 15.1. The average molecular weight is 288 g/mol. The summed E-state index contributed by atoms with van der Waals surface area (Å²) < 4.78 is 0. The quantitative estimate of drug-likeness (QED) is 0.737. The second-order valence-corrected chi connectivity index (χ2v) is 7.41. The Balaban J connectivity index is 1.99. The van der Waals surface area contributed by atoms with Gasteiger partial charge in [0.25, 0.3) is 0 Å². The first kappa shape index (κ1) is 16.5. The van der Waals surface area contributed by atoms with E-state index in [1.165, 1.54) is 37.1 Å². The van der Waals surface area contributed by atoms with Gasteiger partial charge in [-0.3, -0.25) is 4.90 Å². The first-order valence-electron chi connectivity index (χ1n) is 8.57. The molecule has 21 heavy (non-hydrogen) atoms. The molecule has 0 saturated heterocycles. The van der Waals surface area contributed by atoms with Gasteiger partial charge in [0.15, 0.2) is 0 Å². The van der Waals surface area contributed by atoms with Crippen LogP contribution in [0.25, 0.3) is 0 Å². The zero-order valence-corrected chi connectivity index (χ0v) is 14.2. The van der Waals surface area contributed by atoms with Gasteiger partial charge in [-0.15, -0.1) is 0 Å². The van der Waals surface area contributed by atoms with Crippen molar-refractivity contribution in [2.75, 3.05) is 13.1 Å². The van der Waals surface area contributed by atoms with Gasteiger partial charge in [-0.2, -0.15) is 0 Å². The molecule has 1 aliphatic carbocycles. The lowest BCUT2D eigenvalue weighted by atomic mass is 10.0. The van der Waals surface area contributed by atoms with Gasteiger partial charge in [0, 0.05) is 32.2 Å². The van der Waals surface area contributed by atoms with Crippen LogP contribution in [-0.4, -0.2) is 24.0 Å². The Hall–Kier alpha value is -0.860. The molecular weight excluding hydrogens is 256 g/mol. The second kappa shape index (κ2) is 7.95. The number of hydrogen-bond acceptors (Lipinski definition) is 2. The third-order valence-electron chi connectivity index (χ3n) is 3.92. The fraction of sp³-hybridized carbons (Fsp3) is 0.684. The zero-order chi connectivity index (χ0) is 15.2. The van der Waals surface area contributed by atoms with Crippen LogP contribution in [0.15, 0.2) is 24.3 Å². The maximum atomic E-state index is 3.65. The second-order valence-electron chi connectivity index (χ2n) is 7.41. The normalized spacial score (nSPS) is 15.4.